The molecule has 0 saturated carbocycles. The van der Waals surface area contributed by atoms with E-state index in [4.69, 9.17) is 5.26 Å². The van der Waals surface area contributed by atoms with Gasteiger partial charge in [-0.2, -0.15) is 5.26 Å². The minimum absolute atomic E-state index is 0.568. The number of hydrogen-bond acceptors (Lipinski definition) is 4. The molecule has 1 aliphatic heterocycles. The van der Waals surface area contributed by atoms with Crippen molar-refractivity contribution in [3.8, 4) is 6.07 Å². The molecule has 4 nitrogen and oxygen atoms in total. The summed E-state index contributed by atoms with van der Waals surface area (Å²) in [4.78, 5) is 2.17. The monoisotopic (exact) mass is 274 g/mol. The van der Waals surface area contributed by atoms with Crippen molar-refractivity contribution in [3.63, 3.8) is 0 Å². The first kappa shape index (κ1) is 14.8. The molecular formula is C16H22N2O2. The van der Waals surface area contributed by atoms with Crippen molar-refractivity contribution in [2.75, 3.05) is 18.0 Å². The van der Waals surface area contributed by atoms with Gasteiger partial charge in [0.1, 0.15) is 0 Å². The molecule has 1 aromatic rings. The molecule has 0 bridgehead atoms. The molecule has 1 fully saturated rings. The van der Waals surface area contributed by atoms with Crippen molar-refractivity contribution in [1.82, 2.24) is 0 Å². The highest BCUT2D eigenvalue weighted by atomic mass is 16.3. The maximum Gasteiger partial charge on any atom is 0.0992 e. The molecule has 1 saturated heterocycles. The standard InChI is InChI=1S/C16H22N2O2/c1-12(19)14-5-4-13(11-17)10-15(14)18-8-3-6-16(2,20)7-9-18/h4-5,10,12,19-20H,3,6-9H2,1-2H3/t12-,16?/m1/s1. The molecule has 1 heterocycles. The predicted molar refractivity (Wildman–Crippen MR) is 78.5 cm³/mol. The molecule has 20 heavy (non-hydrogen) atoms. The molecule has 1 aliphatic rings. The molecule has 0 spiro atoms. The lowest BCUT2D eigenvalue weighted by molar-refractivity contribution is 0.0481. The second kappa shape index (κ2) is 5.82. The summed E-state index contributed by atoms with van der Waals surface area (Å²) in [5, 5.41) is 29.1. The lowest BCUT2D eigenvalue weighted by atomic mass is 9.98. The summed E-state index contributed by atoms with van der Waals surface area (Å²) in [6, 6.07) is 7.54. The summed E-state index contributed by atoms with van der Waals surface area (Å²) >= 11 is 0. The molecule has 4 heteroatoms. The van der Waals surface area contributed by atoms with Crippen LogP contribution in [0.3, 0.4) is 0 Å². The smallest absolute Gasteiger partial charge is 0.0992 e. The van der Waals surface area contributed by atoms with E-state index in [1.165, 1.54) is 0 Å². The summed E-state index contributed by atoms with van der Waals surface area (Å²) in [5.74, 6) is 0. The van der Waals surface area contributed by atoms with Gasteiger partial charge < -0.3 is 15.1 Å². The Bertz CT molecular complexity index is 518. The van der Waals surface area contributed by atoms with Crippen LogP contribution in [-0.2, 0) is 0 Å². The van der Waals surface area contributed by atoms with Crippen LogP contribution in [0.1, 0.15) is 50.3 Å². The Morgan fingerprint density at radius 3 is 2.75 bits per heavy atom. The normalized spacial score (nSPS) is 24.9. The second-order valence-electron chi connectivity index (χ2n) is 5.90. The van der Waals surface area contributed by atoms with Gasteiger partial charge in [-0.05, 0) is 45.2 Å². The van der Waals surface area contributed by atoms with Crippen LogP contribution in [-0.4, -0.2) is 28.9 Å². The van der Waals surface area contributed by atoms with Gasteiger partial charge in [-0.25, -0.2) is 0 Å². The topological polar surface area (TPSA) is 67.5 Å². The molecule has 0 amide bonds. The number of nitriles is 1. The highest BCUT2D eigenvalue weighted by Gasteiger charge is 2.26. The van der Waals surface area contributed by atoms with Crippen LogP contribution < -0.4 is 4.90 Å². The molecule has 1 unspecified atom stereocenters. The number of anilines is 1. The fourth-order valence-electron chi connectivity index (χ4n) is 2.74. The predicted octanol–water partition coefficient (Wildman–Crippen LogP) is 2.35. The summed E-state index contributed by atoms with van der Waals surface area (Å²) in [6.45, 7) is 5.18. The Morgan fingerprint density at radius 2 is 2.10 bits per heavy atom. The first-order valence-electron chi connectivity index (χ1n) is 7.12. The average Bonchev–Trinajstić information content (AvgIpc) is 2.58. The first-order chi connectivity index (χ1) is 9.43. The molecule has 2 atom stereocenters. The van der Waals surface area contributed by atoms with Crippen LogP contribution >= 0.6 is 0 Å². The lowest BCUT2D eigenvalue weighted by Gasteiger charge is -2.27. The van der Waals surface area contributed by atoms with Crippen molar-refractivity contribution < 1.29 is 10.2 Å². The Morgan fingerprint density at radius 1 is 1.35 bits per heavy atom. The van der Waals surface area contributed by atoms with Crippen molar-refractivity contribution in [2.24, 2.45) is 0 Å². The Balaban J connectivity index is 2.33. The van der Waals surface area contributed by atoms with E-state index in [1.807, 2.05) is 19.1 Å². The largest absolute Gasteiger partial charge is 0.390 e. The first-order valence-corrected chi connectivity index (χ1v) is 7.12. The number of benzene rings is 1. The van der Waals surface area contributed by atoms with Crippen LogP contribution in [0.5, 0.6) is 0 Å². The zero-order valence-corrected chi connectivity index (χ0v) is 12.1. The summed E-state index contributed by atoms with van der Waals surface area (Å²) in [7, 11) is 0. The number of hydrogen-bond donors (Lipinski definition) is 2. The van der Waals surface area contributed by atoms with Gasteiger partial charge >= 0.3 is 0 Å². The molecule has 0 radical (unpaired) electrons. The Hall–Kier alpha value is -1.57. The van der Waals surface area contributed by atoms with Gasteiger partial charge in [0.25, 0.3) is 0 Å². The van der Waals surface area contributed by atoms with E-state index in [2.05, 4.69) is 11.0 Å². The van der Waals surface area contributed by atoms with Crippen LogP contribution in [0.2, 0.25) is 0 Å². The molecular weight excluding hydrogens is 252 g/mol. The van der Waals surface area contributed by atoms with Gasteiger partial charge in [-0.3, -0.25) is 0 Å². The highest BCUT2D eigenvalue weighted by Crippen LogP contribution is 2.31. The second-order valence-corrected chi connectivity index (χ2v) is 5.90. The third kappa shape index (κ3) is 3.30. The minimum atomic E-state index is -0.618. The number of aliphatic hydroxyl groups is 2. The van der Waals surface area contributed by atoms with Gasteiger partial charge in [0.05, 0.1) is 23.3 Å². The van der Waals surface area contributed by atoms with E-state index in [0.29, 0.717) is 12.0 Å². The summed E-state index contributed by atoms with van der Waals surface area (Å²) in [5.41, 5.74) is 1.73. The lowest BCUT2D eigenvalue weighted by Crippen LogP contribution is -2.29. The van der Waals surface area contributed by atoms with Gasteiger partial charge in [-0.15, -0.1) is 0 Å². The molecule has 0 aromatic heterocycles. The van der Waals surface area contributed by atoms with E-state index in [9.17, 15) is 10.2 Å². The minimum Gasteiger partial charge on any atom is -0.390 e. The molecule has 2 rings (SSSR count). The van der Waals surface area contributed by atoms with Crippen molar-refractivity contribution in [1.29, 1.82) is 5.26 Å². The molecule has 0 aliphatic carbocycles. The molecule has 108 valence electrons. The van der Waals surface area contributed by atoms with E-state index in [1.54, 1.807) is 13.0 Å². The Kier molecular flexibility index (Phi) is 4.32. The average molecular weight is 274 g/mol. The van der Waals surface area contributed by atoms with E-state index in [0.717, 1.165) is 37.2 Å². The van der Waals surface area contributed by atoms with Crippen molar-refractivity contribution in [3.05, 3.63) is 29.3 Å². The number of rotatable bonds is 2. The summed E-state index contributed by atoms with van der Waals surface area (Å²) < 4.78 is 0. The number of nitrogens with zero attached hydrogens (tertiary/aromatic N) is 2. The maximum atomic E-state index is 10.2. The number of aliphatic hydroxyl groups excluding tert-OH is 1. The third-order valence-electron chi connectivity index (χ3n) is 4.01. The van der Waals surface area contributed by atoms with E-state index in [-0.39, 0.29) is 0 Å². The summed E-state index contributed by atoms with van der Waals surface area (Å²) in [6.07, 6.45) is 1.82. The van der Waals surface area contributed by atoms with Crippen LogP contribution in [0.15, 0.2) is 18.2 Å². The van der Waals surface area contributed by atoms with Crippen molar-refractivity contribution in [2.45, 2.75) is 44.8 Å². The maximum absolute atomic E-state index is 10.2. The quantitative estimate of drug-likeness (QED) is 0.868. The van der Waals surface area contributed by atoms with Gasteiger partial charge in [-0.1, -0.05) is 6.07 Å². The molecule has 2 N–H and O–H groups in total. The van der Waals surface area contributed by atoms with Crippen LogP contribution in [0.4, 0.5) is 5.69 Å². The zero-order chi connectivity index (χ0) is 14.8. The highest BCUT2D eigenvalue weighted by molar-refractivity contribution is 5.58. The SMILES string of the molecule is C[C@@H](O)c1ccc(C#N)cc1N1CCCC(C)(O)CC1. The fourth-order valence-corrected chi connectivity index (χ4v) is 2.74. The van der Waals surface area contributed by atoms with Crippen LogP contribution in [0, 0.1) is 11.3 Å². The van der Waals surface area contributed by atoms with Gasteiger partial charge in [0.15, 0.2) is 0 Å². The fraction of sp³-hybridized carbons (Fsp3) is 0.562. The van der Waals surface area contributed by atoms with Crippen LogP contribution in [0.25, 0.3) is 0 Å². The van der Waals surface area contributed by atoms with E-state index >= 15 is 0 Å². The van der Waals surface area contributed by atoms with E-state index < -0.39 is 11.7 Å². The molecule has 1 aromatic carbocycles. The zero-order valence-electron chi connectivity index (χ0n) is 12.1. The Labute approximate surface area is 120 Å². The van der Waals surface area contributed by atoms with Gasteiger partial charge in [0.2, 0.25) is 0 Å². The van der Waals surface area contributed by atoms with Gasteiger partial charge in [0, 0.05) is 24.3 Å². The third-order valence-corrected chi connectivity index (χ3v) is 4.01. The van der Waals surface area contributed by atoms with Crippen molar-refractivity contribution >= 4 is 5.69 Å².